The van der Waals surface area contributed by atoms with Gasteiger partial charge in [0.2, 0.25) is 0 Å². The summed E-state index contributed by atoms with van der Waals surface area (Å²) in [6.45, 7) is 2.45. The van der Waals surface area contributed by atoms with E-state index in [0.717, 1.165) is 5.56 Å². The molecule has 0 saturated heterocycles. The topological polar surface area (TPSA) is 66.9 Å². The zero-order valence-electron chi connectivity index (χ0n) is 15.4. The van der Waals surface area contributed by atoms with Crippen LogP contribution in [0.25, 0.3) is 0 Å². The van der Waals surface area contributed by atoms with E-state index in [2.05, 4.69) is 20.6 Å². The van der Waals surface area contributed by atoms with Crippen molar-refractivity contribution in [2.75, 3.05) is 11.9 Å². The van der Waals surface area contributed by atoms with Crippen LogP contribution in [-0.2, 0) is 13.0 Å². The van der Waals surface area contributed by atoms with Crippen LogP contribution in [-0.4, -0.2) is 22.4 Å². The molecular formula is C21H20ClFN4O. The standard InChI is InChI=1S/C21H20ClFN4O/c1-14-26-19(21(28)24-11-10-15-6-8-17(22)9-7-15)12-20(27-14)25-13-16-4-2-3-5-18(16)23/h2-9,12H,10-11,13H2,1H3,(H,24,28)(H,25,26,27). The summed E-state index contributed by atoms with van der Waals surface area (Å²) in [5.41, 5.74) is 1.86. The Morgan fingerprint density at radius 2 is 1.86 bits per heavy atom. The van der Waals surface area contributed by atoms with Crippen LogP contribution in [0.4, 0.5) is 10.2 Å². The molecule has 1 aromatic heterocycles. The summed E-state index contributed by atoms with van der Waals surface area (Å²) in [5, 5.41) is 6.57. The number of nitrogens with zero attached hydrogens (tertiary/aromatic N) is 2. The van der Waals surface area contributed by atoms with Crippen molar-refractivity contribution in [2.24, 2.45) is 0 Å². The molecule has 0 aliphatic heterocycles. The molecule has 0 spiro atoms. The molecule has 1 amide bonds. The van der Waals surface area contributed by atoms with Gasteiger partial charge in [0.25, 0.3) is 5.91 Å². The molecule has 0 bridgehead atoms. The lowest BCUT2D eigenvalue weighted by Crippen LogP contribution is -2.27. The van der Waals surface area contributed by atoms with Crippen molar-refractivity contribution >= 4 is 23.3 Å². The predicted molar refractivity (Wildman–Crippen MR) is 108 cm³/mol. The quantitative estimate of drug-likeness (QED) is 0.627. The van der Waals surface area contributed by atoms with Crippen molar-refractivity contribution in [1.29, 1.82) is 0 Å². The van der Waals surface area contributed by atoms with Gasteiger partial charge < -0.3 is 10.6 Å². The molecule has 3 aromatic rings. The summed E-state index contributed by atoms with van der Waals surface area (Å²) in [4.78, 5) is 20.9. The summed E-state index contributed by atoms with van der Waals surface area (Å²) >= 11 is 5.87. The first-order valence-corrected chi connectivity index (χ1v) is 9.24. The number of carbonyl (C=O) groups excluding carboxylic acids is 1. The normalized spacial score (nSPS) is 10.5. The third-order valence-electron chi connectivity index (χ3n) is 4.10. The molecule has 0 atom stereocenters. The SMILES string of the molecule is Cc1nc(NCc2ccccc2F)cc(C(=O)NCCc2ccc(Cl)cc2)n1. The number of halogens is 2. The van der Waals surface area contributed by atoms with Crippen molar-refractivity contribution in [3.05, 3.63) is 88.1 Å². The van der Waals surface area contributed by atoms with Crippen molar-refractivity contribution in [1.82, 2.24) is 15.3 Å². The molecule has 0 unspecified atom stereocenters. The molecule has 7 heteroatoms. The Morgan fingerprint density at radius 3 is 2.61 bits per heavy atom. The van der Waals surface area contributed by atoms with E-state index in [1.54, 1.807) is 31.2 Å². The number of aromatic nitrogens is 2. The van der Waals surface area contributed by atoms with Crippen LogP contribution in [0.3, 0.4) is 0 Å². The van der Waals surface area contributed by atoms with Crippen LogP contribution in [0.1, 0.15) is 27.4 Å². The van der Waals surface area contributed by atoms with E-state index in [4.69, 9.17) is 11.6 Å². The van der Waals surface area contributed by atoms with E-state index < -0.39 is 0 Å². The lowest BCUT2D eigenvalue weighted by Gasteiger charge is -2.10. The van der Waals surface area contributed by atoms with Gasteiger partial charge in [0.05, 0.1) is 0 Å². The van der Waals surface area contributed by atoms with Crippen LogP contribution in [0.2, 0.25) is 5.02 Å². The van der Waals surface area contributed by atoms with Gasteiger partial charge in [0, 0.05) is 29.7 Å². The molecule has 5 nitrogen and oxygen atoms in total. The molecule has 0 fully saturated rings. The fraction of sp³-hybridized carbons (Fsp3) is 0.190. The van der Waals surface area contributed by atoms with Gasteiger partial charge in [-0.25, -0.2) is 14.4 Å². The van der Waals surface area contributed by atoms with Crippen LogP contribution in [0.15, 0.2) is 54.6 Å². The van der Waals surface area contributed by atoms with Gasteiger partial charge in [-0.05, 0) is 37.1 Å². The number of aryl methyl sites for hydroxylation is 1. The number of carbonyl (C=O) groups is 1. The summed E-state index contributed by atoms with van der Waals surface area (Å²) in [6.07, 6.45) is 0.686. The highest BCUT2D eigenvalue weighted by atomic mass is 35.5. The number of hydrogen-bond acceptors (Lipinski definition) is 4. The predicted octanol–water partition coefficient (Wildman–Crippen LogP) is 4.16. The molecule has 2 aromatic carbocycles. The molecule has 2 N–H and O–H groups in total. The Labute approximate surface area is 168 Å². The zero-order valence-corrected chi connectivity index (χ0v) is 16.1. The Morgan fingerprint density at radius 1 is 1.11 bits per heavy atom. The van der Waals surface area contributed by atoms with E-state index in [-0.39, 0.29) is 24.0 Å². The highest BCUT2D eigenvalue weighted by molar-refractivity contribution is 6.30. The van der Waals surface area contributed by atoms with E-state index >= 15 is 0 Å². The molecule has 0 aliphatic rings. The lowest BCUT2D eigenvalue weighted by molar-refractivity contribution is 0.0949. The van der Waals surface area contributed by atoms with Gasteiger partial charge in [-0.15, -0.1) is 0 Å². The highest BCUT2D eigenvalue weighted by Crippen LogP contribution is 2.12. The second kappa shape index (κ2) is 9.28. The molecule has 144 valence electrons. The van der Waals surface area contributed by atoms with Gasteiger partial charge in [0.1, 0.15) is 23.2 Å². The Balaban J connectivity index is 1.59. The highest BCUT2D eigenvalue weighted by Gasteiger charge is 2.11. The first kappa shape index (κ1) is 19.8. The maximum Gasteiger partial charge on any atom is 0.270 e. The van der Waals surface area contributed by atoms with Crippen molar-refractivity contribution < 1.29 is 9.18 Å². The molecular weight excluding hydrogens is 379 g/mol. The van der Waals surface area contributed by atoms with E-state index in [1.165, 1.54) is 6.07 Å². The van der Waals surface area contributed by atoms with Crippen molar-refractivity contribution in [3.63, 3.8) is 0 Å². The second-order valence-corrected chi connectivity index (χ2v) is 6.70. The lowest BCUT2D eigenvalue weighted by atomic mass is 10.1. The van der Waals surface area contributed by atoms with Gasteiger partial charge >= 0.3 is 0 Å². The minimum atomic E-state index is -0.291. The summed E-state index contributed by atoms with van der Waals surface area (Å²) < 4.78 is 13.7. The maximum atomic E-state index is 13.7. The molecule has 0 saturated carbocycles. The summed E-state index contributed by atoms with van der Waals surface area (Å²) in [5.74, 6) is 0.356. The average molecular weight is 399 g/mol. The van der Waals surface area contributed by atoms with Crippen LogP contribution < -0.4 is 10.6 Å². The van der Waals surface area contributed by atoms with Crippen LogP contribution in [0, 0.1) is 12.7 Å². The first-order chi connectivity index (χ1) is 13.5. The van der Waals surface area contributed by atoms with Gasteiger partial charge in [-0.1, -0.05) is 41.9 Å². The first-order valence-electron chi connectivity index (χ1n) is 8.87. The molecule has 28 heavy (non-hydrogen) atoms. The summed E-state index contributed by atoms with van der Waals surface area (Å²) in [7, 11) is 0. The smallest absolute Gasteiger partial charge is 0.270 e. The number of amides is 1. The third-order valence-corrected chi connectivity index (χ3v) is 4.35. The number of nitrogens with one attached hydrogen (secondary N) is 2. The Bertz CT molecular complexity index is 963. The fourth-order valence-corrected chi connectivity index (χ4v) is 2.79. The average Bonchev–Trinajstić information content (AvgIpc) is 2.68. The van der Waals surface area contributed by atoms with Gasteiger partial charge in [-0.3, -0.25) is 4.79 Å². The van der Waals surface area contributed by atoms with Crippen molar-refractivity contribution in [3.8, 4) is 0 Å². The van der Waals surface area contributed by atoms with Crippen molar-refractivity contribution in [2.45, 2.75) is 19.9 Å². The van der Waals surface area contributed by atoms with Gasteiger partial charge in [0.15, 0.2) is 0 Å². The zero-order chi connectivity index (χ0) is 19.9. The molecule has 0 radical (unpaired) electrons. The van der Waals surface area contributed by atoms with Gasteiger partial charge in [-0.2, -0.15) is 0 Å². The minimum absolute atomic E-state index is 0.264. The van der Waals surface area contributed by atoms with E-state index in [0.29, 0.717) is 35.2 Å². The van der Waals surface area contributed by atoms with E-state index in [9.17, 15) is 9.18 Å². The second-order valence-electron chi connectivity index (χ2n) is 6.26. The molecule has 0 aliphatic carbocycles. The fourth-order valence-electron chi connectivity index (χ4n) is 2.66. The number of hydrogen-bond donors (Lipinski definition) is 2. The number of benzene rings is 2. The number of anilines is 1. The van der Waals surface area contributed by atoms with Crippen LogP contribution in [0.5, 0.6) is 0 Å². The molecule has 1 heterocycles. The number of rotatable bonds is 7. The Kier molecular flexibility index (Phi) is 6.55. The molecule has 3 rings (SSSR count). The van der Waals surface area contributed by atoms with E-state index in [1.807, 2.05) is 24.3 Å². The summed E-state index contributed by atoms with van der Waals surface area (Å²) in [6, 6.07) is 15.6. The Hall–Kier alpha value is -2.99. The largest absolute Gasteiger partial charge is 0.366 e. The minimum Gasteiger partial charge on any atom is -0.366 e. The monoisotopic (exact) mass is 398 g/mol. The third kappa shape index (κ3) is 5.50. The van der Waals surface area contributed by atoms with Crippen LogP contribution >= 0.6 is 11.6 Å². The maximum absolute atomic E-state index is 13.7.